The number of methoxy groups -OCH3 is 1. The molecule has 0 aliphatic heterocycles. The molecule has 0 heterocycles. The topological polar surface area (TPSA) is 38.5 Å². The molecule has 0 fully saturated rings. The predicted molar refractivity (Wildman–Crippen MR) is 70.7 cm³/mol. The smallest absolute Gasteiger partial charge is 0.0589 e. The van der Waals surface area contributed by atoms with E-state index in [1.54, 1.807) is 7.11 Å². The summed E-state index contributed by atoms with van der Waals surface area (Å²) in [5.41, 5.74) is 6.11. The van der Waals surface area contributed by atoms with E-state index in [0.717, 1.165) is 32.7 Å². The minimum Gasteiger partial charge on any atom is -0.383 e. The molecule has 0 aromatic rings. The van der Waals surface area contributed by atoms with Gasteiger partial charge in [-0.15, -0.1) is 0 Å². The minimum absolute atomic E-state index is 0.233. The maximum Gasteiger partial charge on any atom is 0.0589 e. The molecule has 3 nitrogen and oxygen atoms in total. The van der Waals surface area contributed by atoms with Gasteiger partial charge in [0.05, 0.1) is 6.61 Å². The van der Waals surface area contributed by atoms with E-state index in [4.69, 9.17) is 10.5 Å². The first kappa shape index (κ1) is 15.9. The van der Waals surface area contributed by atoms with Crippen molar-refractivity contribution in [2.24, 2.45) is 11.1 Å². The van der Waals surface area contributed by atoms with Gasteiger partial charge in [0.15, 0.2) is 0 Å². The SMILES string of the molecule is CCC(C)N(CCOC)CC(C)(CC)CN. The molecule has 0 radical (unpaired) electrons. The van der Waals surface area contributed by atoms with Gasteiger partial charge < -0.3 is 10.5 Å². The molecule has 0 aromatic carbocycles. The molecule has 0 aliphatic carbocycles. The monoisotopic (exact) mass is 230 g/mol. The average Bonchev–Trinajstić information content (AvgIpc) is 2.33. The number of ether oxygens (including phenoxy) is 1. The third-order valence-electron chi connectivity index (χ3n) is 3.73. The van der Waals surface area contributed by atoms with E-state index in [9.17, 15) is 0 Å². The normalized spacial score (nSPS) is 17.4. The second kappa shape index (κ2) is 8.04. The van der Waals surface area contributed by atoms with E-state index >= 15 is 0 Å². The second-order valence-electron chi connectivity index (χ2n) is 5.09. The molecule has 0 aromatic heterocycles. The van der Waals surface area contributed by atoms with Gasteiger partial charge in [0, 0.05) is 26.2 Å². The summed E-state index contributed by atoms with van der Waals surface area (Å²) < 4.78 is 5.18. The van der Waals surface area contributed by atoms with Crippen molar-refractivity contribution in [3.05, 3.63) is 0 Å². The summed E-state index contributed by atoms with van der Waals surface area (Å²) in [6.45, 7) is 12.6. The van der Waals surface area contributed by atoms with E-state index in [2.05, 4.69) is 32.6 Å². The highest BCUT2D eigenvalue weighted by molar-refractivity contribution is 4.80. The van der Waals surface area contributed by atoms with Gasteiger partial charge in [-0.2, -0.15) is 0 Å². The van der Waals surface area contributed by atoms with Crippen LogP contribution in [0.3, 0.4) is 0 Å². The van der Waals surface area contributed by atoms with Gasteiger partial charge in [-0.3, -0.25) is 4.90 Å². The van der Waals surface area contributed by atoms with Gasteiger partial charge in [-0.05, 0) is 31.7 Å². The van der Waals surface area contributed by atoms with Crippen LogP contribution in [0.5, 0.6) is 0 Å². The third-order valence-corrected chi connectivity index (χ3v) is 3.73. The van der Waals surface area contributed by atoms with E-state index in [1.807, 2.05) is 0 Å². The predicted octanol–water partition coefficient (Wildman–Crippen LogP) is 2.11. The highest BCUT2D eigenvalue weighted by atomic mass is 16.5. The Morgan fingerprint density at radius 3 is 2.38 bits per heavy atom. The summed E-state index contributed by atoms with van der Waals surface area (Å²) in [7, 11) is 1.76. The van der Waals surface area contributed by atoms with Gasteiger partial charge in [-0.1, -0.05) is 20.8 Å². The molecule has 98 valence electrons. The zero-order chi connectivity index (χ0) is 12.6. The molecule has 0 spiro atoms. The third kappa shape index (κ3) is 5.28. The summed E-state index contributed by atoms with van der Waals surface area (Å²) >= 11 is 0. The van der Waals surface area contributed by atoms with Crippen molar-refractivity contribution in [3.8, 4) is 0 Å². The number of hydrogen-bond acceptors (Lipinski definition) is 3. The molecule has 0 aliphatic rings. The van der Waals surface area contributed by atoms with Crippen LogP contribution in [-0.2, 0) is 4.74 Å². The van der Waals surface area contributed by atoms with Crippen molar-refractivity contribution in [1.82, 2.24) is 4.90 Å². The van der Waals surface area contributed by atoms with Crippen LogP contribution >= 0.6 is 0 Å². The Balaban J connectivity index is 4.39. The van der Waals surface area contributed by atoms with Crippen LogP contribution < -0.4 is 5.73 Å². The number of nitrogens with zero attached hydrogens (tertiary/aromatic N) is 1. The number of rotatable bonds is 9. The van der Waals surface area contributed by atoms with Crippen LogP contribution in [0.2, 0.25) is 0 Å². The van der Waals surface area contributed by atoms with E-state index in [1.165, 1.54) is 6.42 Å². The first-order chi connectivity index (χ1) is 7.52. The van der Waals surface area contributed by atoms with Gasteiger partial charge >= 0.3 is 0 Å². The maximum absolute atomic E-state index is 5.88. The molecule has 0 saturated carbocycles. The zero-order valence-electron chi connectivity index (χ0n) is 11.8. The highest BCUT2D eigenvalue weighted by Gasteiger charge is 2.25. The Labute approximate surface area is 101 Å². The Morgan fingerprint density at radius 2 is 2.00 bits per heavy atom. The van der Waals surface area contributed by atoms with Gasteiger partial charge in [0.1, 0.15) is 0 Å². The molecule has 0 rings (SSSR count). The zero-order valence-corrected chi connectivity index (χ0v) is 11.8. The number of hydrogen-bond donors (Lipinski definition) is 1. The fourth-order valence-electron chi connectivity index (χ4n) is 1.73. The first-order valence-electron chi connectivity index (χ1n) is 6.46. The average molecular weight is 230 g/mol. The summed E-state index contributed by atoms with van der Waals surface area (Å²) in [6, 6.07) is 0.604. The molecule has 2 N–H and O–H groups in total. The second-order valence-corrected chi connectivity index (χ2v) is 5.09. The molecule has 3 heteroatoms. The van der Waals surface area contributed by atoms with Crippen molar-refractivity contribution in [3.63, 3.8) is 0 Å². The molecular weight excluding hydrogens is 200 g/mol. The van der Waals surface area contributed by atoms with Crippen molar-refractivity contribution in [2.75, 3.05) is 33.4 Å². The first-order valence-corrected chi connectivity index (χ1v) is 6.46. The van der Waals surface area contributed by atoms with Crippen LogP contribution in [0.1, 0.15) is 40.5 Å². The van der Waals surface area contributed by atoms with Gasteiger partial charge in [-0.25, -0.2) is 0 Å². The lowest BCUT2D eigenvalue weighted by molar-refractivity contribution is 0.0846. The highest BCUT2D eigenvalue weighted by Crippen LogP contribution is 2.22. The van der Waals surface area contributed by atoms with Crippen molar-refractivity contribution in [1.29, 1.82) is 0 Å². The number of nitrogens with two attached hydrogens (primary N) is 1. The van der Waals surface area contributed by atoms with Crippen LogP contribution in [0.15, 0.2) is 0 Å². The fraction of sp³-hybridized carbons (Fsp3) is 1.00. The van der Waals surface area contributed by atoms with Crippen molar-refractivity contribution < 1.29 is 4.74 Å². The van der Waals surface area contributed by atoms with Crippen molar-refractivity contribution >= 4 is 0 Å². The summed E-state index contributed by atoms with van der Waals surface area (Å²) in [4.78, 5) is 2.50. The van der Waals surface area contributed by atoms with Gasteiger partial charge in [0.2, 0.25) is 0 Å². The lowest BCUT2D eigenvalue weighted by atomic mass is 9.86. The van der Waals surface area contributed by atoms with Crippen LogP contribution in [0.25, 0.3) is 0 Å². The standard InChI is InChI=1S/C13H30N2O/c1-6-12(3)15(8-9-16-5)11-13(4,7-2)10-14/h12H,6-11,14H2,1-5H3. The Morgan fingerprint density at radius 1 is 1.38 bits per heavy atom. The lowest BCUT2D eigenvalue weighted by Crippen LogP contribution is -2.45. The molecular formula is C13H30N2O. The summed E-state index contributed by atoms with van der Waals surface area (Å²) in [5, 5.41) is 0. The Bertz CT molecular complexity index is 169. The van der Waals surface area contributed by atoms with Crippen molar-refractivity contribution in [2.45, 2.75) is 46.6 Å². The maximum atomic E-state index is 5.88. The van der Waals surface area contributed by atoms with Crippen LogP contribution in [-0.4, -0.2) is 44.3 Å². The lowest BCUT2D eigenvalue weighted by Gasteiger charge is -2.37. The molecule has 0 saturated heterocycles. The summed E-state index contributed by atoms with van der Waals surface area (Å²) in [5.74, 6) is 0. The fourth-order valence-corrected chi connectivity index (χ4v) is 1.73. The largest absolute Gasteiger partial charge is 0.383 e. The Hall–Kier alpha value is -0.120. The molecule has 0 amide bonds. The molecule has 2 atom stereocenters. The molecule has 2 unspecified atom stereocenters. The Kier molecular flexibility index (Phi) is 7.98. The minimum atomic E-state index is 0.233. The van der Waals surface area contributed by atoms with E-state index < -0.39 is 0 Å². The quantitative estimate of drug-likeness (QED) is 0.659. The van der Waals surface area contributed by atoms with Crippen LogP contribution in [0.4, 0.5) is 0 Å². The van der Waals surface area contributed by atoms with Gasteiger partial charge in [0.25, 0.3) is 0 Å². The molecule has 0 bridgehead atoms. The molecule has 16 heavy (non-hydrogen) atoms. The van der Waals surface area contributed by atoms with E-state index in [-0.39, 0.29) is 5.41 Å². The van der Waals surface area contributed by atoms with E-state index in [0.29, 0.717) is 6.04 Å². The van der Waals surface area contributed by atoms with Crippen LogP contribution in [0, 0.1) is 5.41 Å². The summed E-state index contributed by atoms with van der Waals surface area (Å²) in [6.07, 6.45) is 2.30.